The minimum atomic E-state index is -0.272. The van der Waals surface area contributed by atoms with Crippen LogP contribution < -0.4 is 10.2 Å². The molecule has 0 aliphatic carbocycles. The zero-order valence-electron chi connectivity index (χ0n) is 19.6. The fraction of sp³-hybridized carbons (Fsp3) is 0.346. The van der Waals surface area contributed by atoms with Crippen LogP contribution in [-0.4, -0.2) is 53.7 Å². The number of halogens is 1. The van der Waals surface area contributed by atoms with Gasteiger partial charge in [-0.25, -0.2) is 9.18 Å². The zero-order chi connectivity index (χ0) is 24.1. The molecule has 178 valence electrons. The number of unbranched alkanes of at least 4 members (excludes halogenated alkanes) is 2. The molecule has 0 saturated carbocycles. The number of nitrogens with zero attached hydrogens (tertiary/aromatic N) is 3. The first-order valence-electron chi connectivity index (χ1n) is 11.6. The Balaban J connectivity index is 1.22. The first kappa shape index (κ1) is 23.5. The van der Waals surface area contributed by atoms with Crippen molar-refractivity contribution >= 4 is 17.6 Å². The third kappa shape index (κ3) is 5.44. The maximum absolute atomic E-state index is 13.4. The molecule has 1 fully saturated rings. The molecule has 1 aromatic heterocycles. The summed E-state index contributed by atoms with van der Waals surface area (Å²) in [5.41, 5.74) is 4.90. The molecule has 3 amide bonds. The summed E-state index contributed by atoms with van der Waals surface area (Å²) >= 11 is 0. The molecule has 2 aromatic carbocycles. The van der Waals surface area contributed by atoms with Crippen molar-refractivity contribution in [3.05, 3.63) is 71.2 Å². The molecule has 0 radical (unpaired) electrons. The van der Waals surface area contributed by atoms with Crippen molar-refractivity contribution in [3.8, 4) is 11.3 Å². The average molecular weight is 464 g/mol. The molecule has 1 aliphatic rings. The van der Waals surface area contributed by atoms with Crippen LogP contribution in [0, 0.1) is 12.7 Å². The minimum Gasteiger partial charge on any atom is -0.342 e. The Morgan fingerprint density at radius 3 is 2.74 bits per heavy atom. The van der Waals surface area contributed by atoms with Crippen molar-refractivity contribution in [3.63, 3.8) is 0 Å². The van der Waals surface area contributed by atoms with Gasteiger partial charge in [0.25, 0.3) is 5.91 Å². The first-order valence-corrected chi connectivity index (χ1v) is 11.6. The van der Waals surface area contributed by atoms with E-state index in [2.05, 4.69) is 15.5 Å². The number of hydrogen-bond acceptors (Lipinski definition) is 3. The number of rotatable bonds is 9. The Hall–Kier alpha value is -3.68. The Morgan fingerprint density at radius 2 is 2.00 bits per heavy atom. The second-order valence-corrected chi connectivity index (χ2v) is 8.71. The van der Waals surface area contributed by atoms with Gasteiger partial charge in [-0.2, -0.15) is 5.10 Å². The van der Waals surface area contributed by atoms with E-state index in [0.29, 0.717) is 25.2 Å². The third-order valence-corrected chi connectivity index (χ3v) is 6.13. The lowest BCUT2D eigenvalue weighted by Crippen LogP contribution is -2.29. The van der Waals surface area contributed by atoms with Crippen LogP contribution in [0.25, 0.3) is 11.3 Å². The van der Waals surface area contributed by atoms with E-state index in [0.717, 1.165) is 53.9 Å². The van der Waals surface area contributed by atoms with Crippen LogP contribution in [-0.2, 0) is 6.42 Å². The predicted octanol–water partition coefficient (Wildman–Crippen LogP) is 4.54. The maximum atomic E-state index is 13.4. The van der Waals surface area contributed by atoms with Gasteiger partial charge in [0.2, 0.25) is 0 Å². The summed E-state index contributed by atoms with van der Waals surface area (Å²) in [5.74, 6) is -0.292. The van der Waals surface area contributed by atoms with Crippen molar-refractivity contribution in [1.82, 2.24) is 20.4 Å². The fourth-order valence-corrected chi connectivity index (χ4v) is 4.24. The van der Waals surface area contributed by atoms with E-state index in [4.69, 9.17) is 0 Å². The Kier molecular flexibility index (Phi) is 7.25. The number of aromatic amines is 1. The van der Waals surface area contributed by atoms with Crippen LogP contribution in [0.3, 0.4) is 0 Å². The maximum Gasteiger partial charge on any atom is 0.322 e. The Labute approximate surface area is 199 Å². The number of carbonyl (C=O) groups is 2. The number of aryl methyl sites for hydroxylation is 2. The Morgan fingerprint density at radius 1 is 1.15 bits per heavy atom. The van der Waals surface area contributed by atoms with Gasteiger partial charge < -0.3 is 10.2 Å². The van der Waals surface area contributed by atoms with Gasteiger partial charge in [0.15, 0.2) is 0 Å². The van der Waals surface area contributed by atoms with Crippen molar-refractivity contribution in [2.24, 2.45) is 0 Å². The van der Waals surface area contributed by atoms with Crippen LogP contribution in [0.5, 0.6) is 0 Å². The lowest BCUT2D eigenvalue weighted by atomic mass is 10.1. The highest BCUT2D eigenvalue weighted by molar-refractivity contribution is 5.97. The quantitative estimate of drug-likeness (QED) is 0.457. The van der Waals surface area contributed by atoms with E-state index in [-0.39, 0.29) is 17.8 Å². The number of H-pyrrole nitrogens is 1. The van der Waals surface area contributed by atoms with Gasteiger partial charge in [-0.05, 0) is 68.1 Å². The van der Waals surface area contributed by atoms with E-state index < -0.39 is 0 Å². The van der Waals surface area contributed by atoms with Crippen molar-refractivity contribution in [1.29, 1.82) is 0 Å². The molecule has 2 N–H and O–H groups in total. The van der Waals surface area contributed by atoms with Crippen LogP contribution >= 0.6 is 0 Å². The number of urea groups is 1. The van der Waals surface area contributed by atoms with E-state index in [9.17, 15) is 14.0 Å². The summed E-state index contributed by atoms with van der Waals surface area (Å²) in [5, 5.41) is 10.1. The van der Waals surface area contributed by atoms with Gasteiger partial charge in [-0.15, -0.1) is 0 Å². The molecule has 0 bridgehead atoms. The number of aromatic nitrogens is 2. The molecule has 2 heterocycles. The van der Waals surface area contributed by atoms with E-state index in [1.807, 2.05) is 38.2 Å². The number of nitrogens with one attached hydrogen (secondary N) is 2. The number of benzene rings is 2. The van der Waals surface area contributed by atoms with Gasteiger partial charge in [0, 0.05) is 49.2 Å². The third-order valence-electron chi connectivity index (χ3n) is 6.13. The van der Waals surface area contributed by atoms with E-state index >= 15 is 0 Å². The highest BCUT2D eigenvalue weighted by Gasteiger charge is 2.23. The highest BCUT2D eigenvalue weighted by atomic mass is 19.1. The van der Waals surface area contributed by atoms with Crippen LogP contribution in [0.2, 0.25) is 0 Å². The normalized spacial score (nSPS) is 13.3. The smallest absolute Gasteiger partial charge is 0.322 e. The molecule has 3 aromatic rings. The summed E-state index contributed by atoms with van der Waals surface area (Å²) in [6, 6.07) is 13.8. The molecule has 1 aliphatic heterocycles. The molecular weight excluding hydrogens is 433 g/mol. The van der Waals surface area contributed by atoms with E-state index in [1.54, 1.807) is 21.9 Å². The SMILES string of the molecule is Cc1cc(C(=O)N(C)CCCCCc2cc(-c3cccc(F)c3)n[nH]2)ccc1N1CCNC1=O. The van der Waals surface area contributed by atoms with Crippen LogP contribution in [0.1, 0.15) is 40.9 Å². The molecular formula is C26H30FN5O2. The lowest BCUT2D eigenvalue weighted by molar-refractivity contribution is 0.0792. The first-order chi connectivity index (χ1) is 16.4. The average Bonchev–Trinajstić information content (AvgIpc) is 3.47. The van der Waals surface area contributed by atoms with Gasteiger partial charge in [0.1, 0.15) is 5.82 Å². The van der Waals surface area contributed by atoms with Gasteiger partial charge in [-0.3, -0.25) is 14.8 Å². The summed E-state index contributed by atoms with van der Waals surface area (Å²) in [6.07, 6.45) is 3.70. The summed E-state index contributed by atoms with van der Waals surface area (Å²) < 4.78 is 13.4. The van der Waals surface area contributed by atoms with Gasteiger partial charge >= 0.3 is 6.03 Å². The predicted molar refractivity (Wildman–Crippen MR) is 130 cm³/mol. The van der Waals surface area contributed by atoms with Crippen LogP contribution in [0.15, 0.2) is 48.5 Å². The molecule has 0 spiro atoms. The number of carbonyl (C=O) groups excluding carboxylic acids is 2. The second-order valence-electron chi connectivity index (χ2n) is 8.71. The zero-order valence-corrected chi connectivity index (χ0v) is 19.6. The standard InChI is InChI=1S/C26H30FN5O2/c1-18-15-20(10-11-24(18)32-14-12-28-26(32)34)25(33)31(2)13-5-3-4-9-22-17-23(30-29-22)19-7-6-8-21(27)16-19/h6-8,10-11,15-17H,3-5,9,12-14H2,1-2H3,(H,28,34)(H,29,30). The van der Waals surface area contributed by atoms with Gasteiger partial charge in [0.05, 0.1) is 5.69 Å². The molecule has 8 heteroatoms. The van der Waals surface area contributed by atoms with Crippen molar-refractivity contribution in [2.75, 3.05) is 31.6 Å². The molecule has 0 atom stereocenters. The van der Waals surface area contributed by atoms with E-state index in [1.165, 1.54) is 12.1 Å². The topological polar surface area (TPSA) is 81.3 Å². The number of anilines is 1. The summed E-state index contributed by atoms with van der Waals surface area (Å²) in [6.45, 7) is 3.87. The monoisotopic (exact) mass is 463 g/mol. The number of amides is 3. The summed E-state index contributed by atoms with van der Waals surface area (Å²) in [4.78, 5) is 28.2. The molecule has 0 unspecified atom stereocenters. The van der Waals surface area contributed by atoms with Crippen molar-refractivity contribution in [2.45, 2.75) is 32.6 Å². The molecule has 7 nitrogen and oxygen atoms in total. The minimum absolute atomic E-state index is 0.0196. The number of hydrogen-bond donors (Lipinski definition) is 2. The molecule has 4 rings (SSSR count). The second kappa shape index (κ2) is 10.5. The van der Waals surface area contributed by atoms with Gasteiger partial charge in [-0.1, -0.05) is 18.6 Å². The largest absolute Gasteiger partial charge is 0.342 e. The summed E-state index contributed by atoms with van der Waals surface area (Å²) in [7, 11) is 1.82. The fourth-order valence-electron chi connectivity index (χ4n) is 4.24. The van der Waals surface area contributed by atoms with Crippen LogP contribution in [0.4, 0.5) is 14.9 Å². The van der Waals surface area contributed by atoms with Crippen molar-refractivity contribution < 1.29 is 14.0 Å². The highest BCUT2D eigenvalue weighted by Crippen LogP contribution is 2.24. The Bertz CT molecular complexity index is 1180. The molecule has 1 saturated heterocycles. The lowest BCUT2D eigenvalue weighted by Gasteiger charge is -2.20. The molecule has 34 heavy (non-hydrogen) atoms.